The van der Waals surface area contributed by atoms with Crippen molar-refractivity contribution in [3.8, 4) is 5.75 Å². The van der Waals surface area contributed by atoms with E-state index in [1.165, 1.54) is 9.56 Å². The fraction of sp³-hybridized carbons (Fsp3) is 0.368. The molecule has 2 aromatic heterocycles. The van der Waals surface area contributed by atoms with Gasteiger partial charge < -0.3 is 4.74 Å². The van der Waals surface area contributed by atoms with E-state index in [1.54, 1.807) is 42.7 Å². The van der Waals surface area contributed by atoms with E-state index in [0.29, 0.717) is 27.4 Å². The van der Waals surface area contributed by atoms with Crippen LogP contribution in [-0.2, 0) is 19.4 Å². The van der Waals surface area contributed by atoms with Crippen molar-refractivity contribution in [1.82, 2.24) is 15.0 Å². The van der Waals surface area contributed by atoms with E-state index in [2.05, 4.69) is 17.2 Å². The third kappa shape index (κ3) is 2.92. The van der Waals surface area contributed by atoms with Crippen LogP contribution in [0.5, 0.6) is 5.75 Å². The molecule has 3 aromatic rings. The lowest BCUT2D eigenvalue weighted by atomic mass is 9.89. The Morgan fingerprint density at radius 3 is 3.08 bits per heavy atom. The van der Waals surface area contributed by atoms with Crippen molar-refractivity contribution in [2.24, 2.45) is 5.92 Å². The lowest BCUT2D eigenvalue weighted by Gasteiger charge is -2.17. The topological polar surface area (TPSA) is 74.1 Å². The summed E-state index contributed by atoms with van der Waals surface area (Å²) in [6.07, 6.45) is 2.95. The van der Waals surface area contributed by atoms with Crippen molar-refractivity contribution in [1.29, 1.82) is 0 Å². The van der Waals surface area contributed by atoms with E-state index in [9.17, 15) is 9.59 Å². The molecule has 0 spiro atoms. The van der Waals surface area contributed by atoms with Gasteiger partial charge in [-0.05, 0) is 42.9 Å². The normalized spacial score (nSPS) is 16.5. The Bertz CT molecular complexity index is 1050. The molecule has 6 nitrogen and oxygen atoms in total. The van der Waals surface area contributed by atoms with E-state index in [4.69, 9.17) is 4.74 Å². The first-order valence-corrected chi connectivity index (χ1v) is 9.43. The number of aromatic nitrogens is 3. The first-order valence-electron chi connectivity index (χ1n) is 8.62. The molecule has 0 amide bonds. The fourth-order valence-electron chi connectivity index (χ4n) is 3.42. The molecule has 0 fully saturated rings. The maximum Gasteiger partial charge on any atom is 0.279 e. The van der Waals surface area contributed by atoms with Gasteiger partial charge in [0.2, 0.25) is 0 Å². The predicted octanol–water partition coefficient (Wildman–Crippen LogP) is 2.87. The minimum atomic E-state index is -0.224. The summed E-state index contributed by atoms with van der Waals surface area (Å²) in [5, 5.41) is 8.84. The number of ketones is 1. The monoisotopic (exact) mass is 369 g/mol. The smallest absolute Gasteiger partial charge is 0.279 e. The summed E-state index contributed by atoms with van der Waals surface area (Å²) in [5.74, 6) is 1.03. The van der Waals surface area contributed by atoms with Gasteiger partial charge in [0.1, 0.15) is 12.3 Å². The number of nitrogens with zero attached hydrogens (tertiary/aromatic N) is 3. The number of Topliss-reactive ketones (excluding diaryl/α,β-unsaturated/α-hetero) is 1. The second-order valence-electron chi connectivity index (χ2n) is 6.74. The Morgan fingerprint density at radius 1 is 1.42 bits per heavy atom. The predicted molar refractivity (Wildman–Crippen MR) is 100 cm³/mol. The molecule has 0 N–H and O–H groups in total. The molecule has 1 aromatic carbocycles. The lowest BCUT2D eigenvalue weighted by molar-refractivity contribution is 0.0964. The van der Waals surface area contributed by atoms with Gasteiger partial charge >= 0.3 is 0 Å². The molecular formula is C19H19N3O3S. The van der Waals surface area contributed by atoms with Gasteiger partial charge in [-0.3, -0.25) is 9.59 Å². The highest BCUT2D eigenvalue weighted by molar-refractivity contribution is 7.18. The minimum absolute atomic E-state index is 0.129. The number of methoxy groups -OCH3 is 1. The second kappa shape index (κ2) is 6.64. The lowest BCUT2D eigenvalue weighted by Crippen LogP contribution is -2.28. The van der Waals surface area contributed by atoms with E-state index >= 15 is 0 Å². The molecule has 0 saturated heterocycles. The Balaban J connectivity index is 1.70. The second-order valence-corrected chi connectivity index (χ2v) is 7.82. The highest BCUT2D eigenvalue weighted by Crippen LogP contribution is 2.35. The highest BCUT2D eigenvalue weighted by atomic mass is 32.1. The van der Waals surface area contributed by atoms with Gasteiger partial charge in [-0.2, -0.15) is 0 Å². The number of aryl methyl sites for hydroxylation is 1. The molecule has 7 heteroatoms. The number of benzene rings is 1. The zero-order valence-electron chi connectivity index (χ0n) is 14.7. The Labute approximate surface area is 154 Å². The molecule has 0 unspecified atom stereocenters. The maximum absolute atomic E-state index is 12.9. The first kappa shape index (κ1) is 16.9. The van der Waals surface area contributed by atoms with Crippen molar-refractivity contribution < 1.29 is 9.53 Å². The molecule has 0 saturated carbocycles. The maximum atomic E-state index is 12.9. The number of ether oxygens (including phenoxy) is 1. The van der Waals surface area contributed by atoms with Crippen LogP contribution in [0.4, 0.5) is 0 Å². The zero-order chi connectivity index (χ0) is 18.3. The number of rotatable bonds is 4. The molecular weight excluding hydrogens is 350 g/mol. The van der Waals surface area contributed by atoms with E-state index in [1.807, 2.05) is 0 Å². The van der Waals surface area contributed by atoms with Crippen LogP contribution in [0.3, 0.4) is 0 Å². The molecule has 0 bridgehead atoms. The van der Waals surface area contributed by atoms with Crippen molar-refractivity contribution in [2.45, 2.75) is 32.7 Å². The number of carbonyl (C=O) groups is 1. The minimum Gasteiger partial charge on any atom is -0.497 e. The molecule has 26 heavy (non-hydrogen) atoms. The quantitative estimate of drug-likeness (QED) is 0.661. The molecule has 134 valence electrons. The van der Waals surface area contributed by atoms with E-state index in [-0.39, 0.29) is 17.9 Å². The van der Waals surface area contributed by atoms with Gasteiger partial charge in [0.25, 0.3) is 5.56 Å². The number of fused-ring (bicyclic) bond motifs is 3. The third-order valence-corrected chi connectivity index (χ3v) is 6.01. The van der Waals surface area contributed by atoms with Crippen LogP contribution in [0.1, 0.15) is 34.1 Å². The number of thiophene rings is 1. The first-order chi connectivity index (χ1) is 12.6. The number of hydrogen-bond donors (Lipinski definition) is 0. The Kier molecular flexibility index (Phi) is 4.32. The SMILES string of the molecule is COc1cccc(C(=O)Cn2nnc3sc4c(c3c2=O)CC[C@H](C)C4)c1. The van der Waals surface area contributed by atoms with Crippen LogP contribution in [0.2, 0.25) is 0 Å². The van der Waals surface area contributed by atoms with Gasteiger partial charge in [0.05, 0.1) is 12.5 Å². The molecule has 1 aliphatic rings. The van der Waals surface area contributed by atoms with Crippen LogP contribution < -0.4 is 10.3 Å². The summed E-state index contributed by atoms with van der Waals surface area (Å²) in [5.41, 5.74) is 1.36. The molecule has 2 heterocycles. The van der Waals surface area contributed by atoms with E-state index < -0.39 is 0 Å². The molecule has 1 aliphatic carbocycles. The van der Waals surface area contributed by atoms with Crippen molar-refractivity contribution >= 4 is 27.3 Å². The third-order valence-electron chi connectivity index (χ3n) is 4.87. The summed E-state index contributed by atoms with van der Waals surface area (Å²) >= 11 is 1.56. The van der Waals surface area contributed by atoms with Gasteiger partial charge in [-0.1, -0.05) is 24.3 Å². The molecule has 4 rings (SSSR count). The Hall–Kier alpha value is -2.54. The summed E-state index contributed by atoms with van der Waals surface area (Å²) in [6.45, 7) is 2.10. The molecule has 0 aliphatic heterocycles. The van der Waals surface area contributed by atoms with Crippen molar-refractivity contribution in [3.05, 3.63) is 50.6 Å². The van der Waals surface area contributed by atoms with Crippen LogP contribution in [0.25, 0.3) is 10.2 Å². The molecule has 0 radical (unpaired) electrons. The zero-order valence-corrected chi connectivity index (χ0v) is 15.5. The van der Waals surface area contributed by atoms with Gasteiger partial charge in [0, 0.05) is 10.4 Å². The largest absolute Gasteiger partial charge is 0.497 e. The molecule has 1 atom stereocenters. The summed E-state index contributed by atoms with van der Waals surface area (Å²) < 4.78 is 6.33. The van der Waals surface area contributed by atoms with Gasteiger partial charge in [-0.25, -0.2) is 4.68 Å². The summed E-state index contributed by atoms with van der Waals surface area (Å²) in [4.78, 5) is 27.4. The van der Waals surface area contributed by atoms with Crippen molar-refractivity contribution in [3.63, 3.8) is 0 Å². The van der Waals surface area contributed by atoms with Crippen LogP contribution in [-0.4, -0.2) is 27.9 Å². The van der Waals surface area contributed by atoms with Crippen LogP contribution >= 0.6 is 11.3 Å². The number of hydrogen-bond acceptors (Lipinski definition) is 6. The van der Waals surface area contributed by atoms with Gasteiger partial charge in [0.15, 0.2) is 10.6 Å². The highest BCUT2D eigenvalue weighted by Gasteiger charge is 2.24. The fourth-order valence-corrected chi connectivity index (χ4v) is 4.74. The number of carbonyl (C=O) groups excluding carboxylic acids is 1. The van der Waals surface area contributed by atoms with E-state index in [0.717, 1.165) is 24.8 Å². The summed E-state index contributed by atoms with van der Waals surface area (Å²) in [6, 6.07) is 6.89. The standard InChI is InChI=1S/C19H19N3O3S/c1-11-6-7-14-16(8-11)26-18-17(14)19(24)22(21-20-18)10-15(23)12-4-3-5-13(9-12)25-2/h3-5,9,11H,6-8,10H2,1-2H3/t11-/m0/s1. The average molecular weight is 369 g/mol. The summed E-state index contributed by atoms with van der Waals surface area (Å²) in [7, 11) is 1.55. The van der Waals surface area contributed by atoms with Crippen LogP contribution in [0, 0.1) is 5.92 Å². The van der Waals surface area contributed by atoms with Crippen molar-refractivity contribution in [2.75, 3.05) is 7.11 Å². The average Bonchev–Trinajstić information content (AvgIpc) is 3.02. The Morgan fingerprint density at radius 2 is 2.27 bits per heavy atom. The van der Waals surface area contributed by atoms with Gasteiger partial charge in [-0.15, -0.1) is 16.4 Å². The van der Waals surface area contributed by atoms with Crippen LogP contribution in [0.15, 0.2) is 29.1 Å².